The fourth-order valence-electron chi connectivity index (χ4n) is 0.870. The van der Waals surface area contributed by atoms with E-state index in [9.17, 15) is 0 Å². The van der Waals surface area contributed by atoms with E-state index in [0.29, 0.717) is 5.92 Å². The first-order valence-corrected chi connectivity index (χ1v) is 5.53. The topological polar surface area (TPSA) is 0 Å². The molecule has 0 N–H and O–H groups in total. The third-order valence-corrected chi connectivity index (χ3v) is 1.48. The van der Waals surface area contributed by atoms with E-state index in [1.54, 1.807) is 0 Å². The van der Waals surface area contributed by atoms with Crippen LogP contribution in [-0.4, -0.2) is 0 Å². The zero-order valence-electron chi connectivity index (χ0n) is 10.6. The molecule has 0 aliphatic rings. The summed E-state index contributed by atoms with van der Waals surface area (Å²) in [5.74, 6) is 0.674. The van der Waals surface area contributed by atoms with Crippen LogP contribution in [0.5, 0.6) is 0 Å². The summed E-state index contributed by atoms with van der Waals surface area (Å²) in [6, 6.07) is 0. The molecule has 13 heavy (non-hydrogen) atoms. The van der Waals surface area contributed by atoms with Gasteiger partial charge in [-0.25, -0.2) is 0 Å². The van der Waals surface area contributed by atoms with Crippen molar-refractivity contribution in [3.05, 3.63) is 24.3 Å². The Morgan fingerprint density at radius 3 is 1.62 bits per heavy atom. The van der Waals surface area contributed by atoms with Crippen molar-refractivity contribution in [1.82, 2.24) is 0 Å². The van der Waals surface area contributed by atoms with Crippen LogP contribution in [0.1, 0.15) is 54.9 Å². The summed E-state index contributed by atoms with van der Waals surface area (Å²) in [5.41, 5.74) is 1.48. The molecule has 0 heterocycles. The molecule has 0 radical (unpaired) electrons. The monoisotopic (exact) mass is 184 g/mol. The molecule has 0 aliphatic carbocycles. The second-order valence-corrected chi connectivity index (χ2v) is 2.49. The van der Waals surface area contributed by atoms with Gasteiger partial charge in [-0.15, -0.1) is 0 Å². The first kappa shape index (κ1) is 18.3. The molecule has 0 amide bonds. The second-order valence-electron chi connectivity index (χ2n) is 2.49. The quantitative estimate of drug-likeness (QED) is 0.528. The largest absolute Gasteiger partial charge is 0.0991 e. The molecule has 0 nitrogen and oxygen atoms in total. The van der Waals surface area contributed by atoms with Crippen LogP contribution in [0.15, 0.2) is 24.3 Å². The van der Waals surface area contributed by atoms with E-state index in [1.165, 1.54) is 5.57 Å². The SMILES string of the molecule is C=C/C=C(\CC)C(C)C.CC.CC. The van der Waals surface area contributed by atoms with Gasteiger partial charge < -0.3 is 0 Å². The highest BCUT2D eigenvalue weighted by Gasteiger charge is 1.96. The van der Waals surface area contributed by atoms with Gasteiger partial charge in [-0.05, 0) is 12.3 Å². The lowest BCUT2D eigenvalue weighted by atomic mass is 10.0. The van der Waals surface area contributed by atoms with Crippen molar-refractivity contribution in [3.63, 3.8) is 0 Å². The van der Waals surface area contributed by atoms with E-state index in [0.717, 1.165) is 6.42 Å². The van der Waals surface area contributed by atoms with Gasteiger partial charge in [-0.1, -0.05) is 72.8 Å². The number of allylic oxidation sites excluding steroid dienone is 3. The van der Waals surface area contributed by atoms with E-state index >= 15 is 0 Å². The van der Waals surface area contributed by atoms with Gasteiger partial charge in [0.15, 0.2) is 0 Å². The van der Waals surface area contributed by atoms with Crippen molar-refractivity contribution in [2.75, 3.05) is 0 Å². The highest BCUT2D eigenvalue weighted by atomic mass is 14.0. The maximum absolute atomic E-state index is 3.65. The fourth-order valence-corrected chi connectivity index (χ4v) is 0.870. The average molecular weight is 184 g/mol. The Morgan fingerprint density at radius 2 is 1.54 bits per heavy atom. The van der Waals surface area contributed by atoms with E-state index in [-0.39, 0.29) is 0 Å². The van der Waals surface area contributed by atoms with Crippen LogP contribution in [-0.2, 0) is 0 Å². The van der Waals surface area contributed by atoms with E-state index < -0.39 is 0 Å². The second kappa shape index (κ2) is 17.5. The highest BCUT2D eigenvalue weighted by Crippen LogP contribution is 2.12. The summed E-state index contributed by atoms with van der Waals surface area (Å²) in [6.07, 6.45) is 5.10. The number of rotatable bonds is 3. The molecule has 0 saturated carbocycles. The van der Waals surface area contributed by atoms with Crippen molar-refractivity contribution in [1.29, 1.82) is 0 Å². The standard InChI is InChI=1S/C9H16.2C2H6/c1-5-7-9(6-2)8(3)4;2*1-2/h5,7-8H,1,6H2,2-4H3;2*1-2H3/b9-7+;;. The van der Waals surface area contributed by atoms with Crippen molar-refractivity contribution in [2.24, 2.45) is 5.92 Å². The van der Waals surface area contributed by atoms with Crippen molar-refractivity contribution in [2.45, 2.75) is 54.9 Å². The number of hydrogen-bond acceptors (Lipinski definition) is 0. The molecule has 0 aromatic heterocycles. The molecule has 0 unspecified atom stereocenters. The molecule has 0 rings (SSSR count). The van der Waals surface area contributed by atoms with Crippen LogP contribution in [0.2, 0.25) is 0 Å². The molecule has 80 valence electrons. The summed E-state index contributed by atoms with van der Waals surface area (Å²) < 4.78 is 0. The van der Waals surface area contributed by atoms with Gasteiger partial charge in [0.2, 0.25) is 0 Å². The van der Waals surface area contributed by atoms with Crippen molar-refractivity contribution < 1.29 is 0 Å². The summed E-state index contributed by atoms with van der Waals surface area (Å²) in [5, 5.41) is 0. The summed E-state index contributed by atoms with van der Waals surface area (Å²) in [7, 11) is 0. The van der Waals surface area contributed by atoms with E-state index in [4.69, 9.17) is 0 Å². The Kier molecular flexibility index (Phi) is 24.7. The van der Waals surface area contributed by atoms with Crippen LogP contribution in [0.3, 0.4) is 0 Å². The minimum Gasteiger partial charge on any atom is -0.0991 e. The Bertz CT molecular complexity index is 107. The van der Waals surface area contributed by atoms with Crippen LogP contribution in [0.25, 0.3) is 0 Å². The van der Waals surface area contributed by atoms with Gasteiger partial charge in [-0.2, -0.15) is 0 Å². The molecule has 0 bridgehead atoms. The Labute approximate surface area is 85.8 Å². The third-order valence-electron chi connectivity index (χ3n) is 1.48. The highest BCUT2D eigenvalue weighted by molar-refractivity contribution is 5.11. The minimum absolute atomic E-state index is 0.674. The Morgan fingerprint density at radius 1 is 1.15 bits per heavy atom. The van der Waals surface area contributed by atoms with Gasteiger partial charge in [-0.3, -0.25) is 0 Å². The zero-order chi connectivity index (χ0) is 11.3. The van der Waals surface area contributed by atoms with Crippen LogP contribution in [0, 0.1) is 5.92 Å². The first-order chi connectivity index (χ1) is 6.22. The lowest BCUT2D eigenvalue weighted by Crippen LogP contribution is -1.90. The normalized spacial score (nSPS) is 9.38. The molecule has 0 heteroatoms. The van der Waals surface area contributed by atoms with Crippen molar-refractivity contribution >= 4 is 0 Å². The molecule has 0 aromatic rings. The van der Waals surface area contributed by atoms with Crippen LogP contribution < -0.4 is 0 Å². The van der Waals surface area contributed by atoms with Crippen LogP contribution >= 0.6 is 0 Å². The molecule has 0 atom stereocenters. The Hall–Kier alpha value is -0.520. The lowest BCUT2D eigenvalue weighted by Gasteiger charge is -2.05. The van der Waals surface area contributed by atoms with Gasteiger partial charge in [0, 0.05) is 0 Å². The molecular formula is C13H28. The molecule has 0 saturated heterocycles. The fraction of sp³-hybridized carbons (Fsp3) is 0.692. The smallest absolute Gasteiger partial charge is 0.0257 e. The third kappa shape index (κ3) is 14.3. The Balaban J connectivity index is -0.000000218. The van der Waals surface area contributed by atoms with Crippen LogP contribution in [0.4, 0.5) is 0 Å². The predicted molar refractivity (Wildman–Crippen MR) is 66.1 cm³/mol. The maximum atomic E-state index is 3.65. The molecule has 0 spiro atoms. The average Bonchev–Trinajstić information content (AvgIpc) is 2.20. The van der Waals surface area contributed by atoms with Gasteiger partial charge >= 0.3 is 0 Å². The minimum atomic E-state index is 0.674. The van der Waals surface area contributed by atoms with Gasteiger partial charge in [0.25, 0.3) is 0 Å². The maximum Gasteiger partial charge on any atom is -0.0257 e. The summed E-state index contributed by atoms with van der Waals surface area (Å²) >= 11 is 0. The first-order valence-electron chi connectivity index (χ1n) is 5.53. The molecule has 0 aliphatic heterocycles. The lowest BCUT2D eigenvalue weighted by molar-refractivity contribution is 0.732. The van der Waals surface area contributed by atoms with Gasteiger partial charge in [0.05, 0.1) is 0 Å². The van der Waals surface area contributed by atoms with E-state index in [2.05, 4.69) is 33.4 Å². The van der Waals surface area contributed by atoms with E-state index in [1.807, 2.05) is 33.8 Å². The van der Waals surface area contributed by atoms with Gasteiger partial charge in [0.1, 0.15) is 0 Å². The summed E-state index contributed by atoms with van der Waals surface area (Å²) in [4.78, 5) is 0. The molecule has 0 fully saturated rings. The van der Waals surface area contributed by atoms with Crippen molar-refractivity contribution in [3.8, 4) is 0 Å². The zero-order valence-corrected chi connectivity index (χ0v) is 10.6. The molecular weight excluding hydrogens is 156 g/mol. The number of hydrogen-bond donors (Lipinski definition) is 0. The predicted octanol–water partition coefficient (Wildman–Crippen LogP) is 5.22. The molecule has 0 aromatic carbocycles. The summed E-state index contributed by atoms with van der Waals surface area (Å²) in [6.45, 7) is 18.2.